The summed E-state index contributed by atoms with van der Waals surface area (Å²) in [4.78, 5) is 20.3. The second kappa shape index (κ2) is 13.6. The van der Waals surface area contributed by atoms with E-state index < -0.39 is 0 Å². The van der Waals surface area contributed by atoms with Gasteiger partial charge in [0.05, 0.1) is 6.61 Å². The fourth-order valence-corrected chi connectivity index (χ4v) is 3.30. The Bertz CT molecular complexity index is 621. The van der Waals surface area contributed by atoms with Crippen LogP contribution < -0.4 is 11.1 Å². The van der Waals surface area contributed by atoms with Gasteiger partial charge in [0.1, 0.15) is 0 Å². The minimum atomic E-state index is -0.226. The maximum atomic E-state index is 11.7. The molecule has 1 heterocycles. The number of likely N-dealkylation sites (tertiary alicyclic amines) is 1. The van der Waals surface area contributed by atoms with Crippen molar-refractivity contribution < 1.29 is 9.53 Å². The third kappa shape index (κ3) is 9.20. The lowest BCUT2D eigenvalue weighted by Gasteiger charge is -2.31. The molecule has 1 aliphatic heterocycles. The Kier molecular flexibility index (Phi) is 12.0. The molecule has 3 N–H and O–H groups in total. The third-order valence-corrected chi connectivity index (χ3v) is 5.23. The molecule has 1 fully saturated rings. The van der Waals surface area contributed by atoms with E-state index in [0.717, 1.165) is 25.8 Å². The molecule has 7 nitrogen and oxygen atoms in total. The molecule has 0 spiro atoms. The summed E-state index contributed by atoms with van der Waals surface area (Å²) in [5.74, 6) is 0.493. The van der Waals surface area contributed by atoms with Crippen LogP contribution in [0.3, 0.4) is 0 Å². The molecule has 1 aromatic rings. The van der Waals surface area contributed by atoms with Crippen molar-refractivity contribution >= 4 is 36.0 Å². The van der Waals surface area contributed by atoms with Crippen molar-refractivity contribution in [2.75, 3.05) is 33.3 Å². The van der Waals surface area contributed by atoms with Crippen LogP contribution in [-0.4, -0.2) is 67.2 Å². The fourth-order valence-electron chi connectivity index (χ4n) is 3.30. The first-order chi connectivity index (χ1) is 13.5. The summed E-state index contributed by atoms with van der Waals surface area (Å²) < 4.78 is 5.04. The third-order valence-electron chi connectivity index (χ3n) is 5.23. The van der Waals surface area contributed by atoms with E-state index in [4.69, 9.17) is 10.5 Å². The van der Waals surface area contributed by atoms with Crippen LogP contribution in [0.2, 0.25) is 0 Å². The van der Waals surface area contributed by atoms with Gasteiger partial charge < -0.3 is 20.7 Å². The number of aliphatic imine (C=N–C) groups is 1. The average molecular weight is 517 g/mol. The molecule has 29 heavy (non-hydrogen) atoms. The van der Waals surface area contributed by atoms with E-state index in [1.54, 1.807) is 4.90 Å². The highest BCUT2D eigenvalue weighted by molar-refractivity contribution is 14.0. The van der Waals surface area contributed by atoms with Gasteiger partial charge in [-0.3, -0.25) is 9.89 Å². The van der Waals surface area contributed by atoms with E-state index in [1.807, 2.05) is 13.0 Å². The SMILES string of the molecule is CCOC(=O)N1CCC(NC(N)=NCCC(C)N(C)Cc2ccccc2)CC1.I. The zero-order valence-electron chi connectivity index (χ0n) is 17.8. The lowest BCUT2D eigenvalue weighted by Crippen LogP contribution is -2.48. The van der Waals surface area contributed by atoms with E-state index in [0.29, 0.717) is 38.2 Å². The van der Waals surface area contributed by atoms with Crippen LogP contribution in [0.5, 0.6) is 0 Å². The largest absolute Gasteiger partial charge is 0.450 e. The van der Waals surface area contributed by atoms with Crippen molar-refractivity contribution in [3.05, 3.63) is 35.9 Å². The fraction of sp³-hybridized carbons (Fsp3) is 0.619. The van der Waals surface area contributed by atoms with Gasteiger partial charge in [-0.2, -0.15) is 0 Å². The molecular formula is C21H36IN5O2. The summed E-state index contributed by atoms with van der Waals surface area (Å²) >= 11 is 0. The number of hydrogen-bond donors (Lipinski definition) is 2. The Morgan fingerprint density at radius 2 is 2.00 bits per heavy atom. The van der Waals surface area contributed by atoms with Gasteiger partial charge in [0.2, 0.25) is 0 Å². The maximum Gasteiger partial charge on any atom is 0.409 e. The van der Waals surface area contributed by atoms with Gasteiger partial charge in [-0.25, -0.2) is 4.79 Å². The molecule has 0 aromatic heterocycles. The van der Waals surface area contributed by atoms with Crippen LogP contribution in [0.1, 0.15) is 38.7 Å². The van der Waals surface area contributed by atoms with Gasteiger partial charge in [0.15, 0.2) is 5.96 Å². The smallest absolute Gasteiger partial charge is 0.409 e. The number of hydrogen-bond acceptors (Lipinski definition) is 4. The molecule has 8 heteroatoms. The van der Waals surface area contributed by atoms with Crippen molar-refractivity contribution in [2.24, 2.45) is 10.7 Å². The van der Waals surface area contributed by atoms with Gasteiger partial charge in [-0.15, -0.1) is 24.0 Å². The average Bonchev–Trinajstić information content (AvgIpc) is 2.69. The van der Waals surface area contributed by atoms with Gasteiger partial charge in [-0.05, 0) is 45.7 Å². The standard InChI is InChI=1S/C21H35N5O2.HI/c1-4-28-21(27)26-14-11-19(12-15-26)24-20(22)23-13-10-17(2)25(3)16-18-8-6-5-7-9-18;/h5-9,17,19H,4,10-16H2,1-3H3,(H3,22,23,24);1H. The Labute approximate surface area is 192 Å². The number of carbonyl (C=O) groups excluding carboxylic acids is 1. The number of rotatable bonds is 8. The molecule has 0 saturated carbocycles. The Balaban J connectivity index is 0.00000420. The van der Waals surface area contributed by atoms with Gasteiger partial charge >= 0.3 is 6.09 Å². The molecule has 0 radical (unpaired) electrons. The number of amides is 1. The molecule has 2 rings (SSSR count). The van der Waals surface area contributed by atoms with Gasteiger partial charge in [0.25, 0.3) is 0 Å². The van der Waals surface area contributed by atoms with Crippen LogP contribution in [0.4, 0.5) is 4.79 Å². The van der Waals surface area contributed by atoms with E-state index >= 15 is 0 Å². The number of carbonyl (C=O) groups is 1. The Morgan fingerprint density at radius 3 is 2.62 bits per heavy atom. The highest BCUT2D eigenvalue weighted by Gasteiger charge is 2.23. The first-order valence-corrected chi connectivity index (χ1v) is 10.2. The zero-order valence-corrected chi connectivity index (χ0v) is 20.2. The van der Waals surface area contributed by atoms with Crippen molar-refractivity contribution in [1.29, 1.82) is 0 Å². The summed E-state index contributed by atoms with van der Waals surface area (Å²) in [7, 11) is 2.14. The Hall–Kier alpha value is -1.55. The Morgan fingerprint density at radius 1 is 1.34 bits per heavy atom. The highest BCUT2D eigenvalue weighted by Crippen LogP contribution is 2.12. The predicted octanol–water partition coefficient (Wildman–Crippen LogP) is 3.04. The summed E-state index contributed by atoms with van der Waals surface area (Å²) in [6.45, 7) is 7.45. The zero-order chi connectivity index (χ0) is 20.4. The van der Waals surface area contributed by atoms with Crippen molar-refractivity contribution in [3.63, 3.8) is 0 Å². The van der Waals surface area contributed by atoms with Crippen LogP contribution in [0.25, 0.3) is 0 Å². The van der Waals surface area contributed by atoms with Crippen LogP contribution in [-0.2, 0) is 11.3 Å². The van der Waals surface area contributed by atoms with Crippen molar-refractivity contribution in [1.82, 2.24) is 15.1 Å². The monoisotopic (exact) mass is 517 g/mol. The second-order valence-electron chi connectivity index (χ2n) is 7.41. The number of guanidine groups is 1. The quantitative estimate of drug-likeness (QED) is 0.315. The van der Waals surface area contributed by atoms with E-state index in [9.17, 15) is 4.79 Å². The minimum Gasteiger partial charge on any atom is -0.450 e. The highest BCUT2D eigenvalue weighted by atomic mass is 127. The first kappa shape index (κ1) is 25.5. The summed E-state index contributed by atoms with van der Waals surface area (Å²) in [5, 5.41) is 3.29. The minimum absolute atomic E-state index is 0. The molecule has 0 bridgehead atoms. The molecule has 1 unspecified atom stereocenters. The molecule has 1 saturated heterocycles. The number of nitrogens with two attached hydrogens (primary N) is 1. The van der Waals surface area contributed by atoms with E-state index in [1.165, 1.54) is 5.56 Å². The van der Waals surface area contributed by atoms with Gasteiger partial charge in [0, 0.05) is 38.3 Å². The summed E-state index contributed by atoms with van der Waals surface area (Å²) in [5.41, 5.74) is 7.37. The lowest BCUT2D eigenvalue weighted by atomic mass is 10.1. The number of ether oxygens (including phenoxy) is 1. The van der Waals surface area contributed by atoms with E-state index in [-0.39, 0.29) is 36.1 Å². The predicted molar refractivity (Wildman–Crippen MR) is 129 cm³/mol. The van der Waals surface area contributed by atoms with Crippen molar-refractivity contribution in [2.45, 2.75) is 51.7 Å². The molecule has 0 aliphatic carbocycles. The molecule has 1 amide bonds. The molecular weight excluding hydrogens is 481 g/mol. The van der Waals surface area contributed by atoms with Gasteiger partial charge in [-0.1, -0.05) is 30.3 Å². The first-order valence-electron chi connectivity index (χ1n) is 10.2. The van der Waals surface area contributed by atoms with E-state index in [2.05, 4.69) is 53.4 Å². The number of nitrogens with one attached hydrogen (secondary N) is 1. The molecule has 1 atom stereocenters. The number of halogens is 1. The molecule has 1 aromatic carbocycles. The molecule has 164 valence electrons. The molecule has 1 aliphatic rings. The van der Waals surface area contributed by atoms with Crippen LogP contribution in [0, 0.1) is 0 Å². The second-order valence-corrected chi connectivity index (χ2v) is 7.41. The number of benzene rings is 1. The topological polar surface area (TPSA) is 83.2 Å². The summed E-state index contributed by atoms with van der Waals surface area (Å²) in [6, 6.07) is 11.2. The maximum absolute atomic E-state index is 11.7. The normalized spacial score (nSPS) is 16.3. The van der Waals surface area contributed by atoms with Crippen LogP contribution >= 0.6 is 24.0 Å². The lowest BCUT2D eigenvalue weighted by molar-refractivity contribution is 0.0963. The summed E-state index contributed by atoms with van der Waals surface area (Å²) in [6.07, 6.45) is 2.43. The number of nitrogens with zero attached hydrogens (tertiary/aromatic N) is 3. The van der Waals surface area contributed by atoms with Crippen LogP contribution in [0.15, 0.2) is 35.3 Å². The van der Waals surface area contributed by atoms with Crippen molar-refractivity contribution in [3.8, 4) is 0 Å². The number of piperidine rings is 1.